The highest BCUT2D eigenvalue weighted by Crippen LogP contribution is 2.26. The van der Waals surface area contributed by atoms with E-state index in [2.05, 4.69) is 15.4 Å². The maximum Gasteiger partial charge on any atom is 0.113 e. The molecule has 0 aliphatic carbocycles. The Morgan fingerprint density at radius 2 is 2.46 bits per heavy atom. The topological polar surface area (TPSA) is 67.6 Å². The summed E-state index contributed by atoms with van der Waals surface area (Å²) in [4.78, 5) is 1.16. The molecule has 0 radical (unpaired) electrons. The highest BCUT2D eigenvalue weighted by atomic mass is 32.1. The Morgan fingerprint density at radius 3 is 3.00 bits per heavy atom. The van der Waals surface area contributed by atoms with Crippen molar-refractivity contribution in [1.29, 1.82) is 0 Å². The van der Waals surface area contributed by atoms with Crippen LogP contribution in [0, 0.1) is 0 Å². The summed E-state index contributed by atoms with van der Waals surface area (Å²) >= 11 is 1.65. The molecule has 0 saturated carbocycles. The van der Waals surface area contributed by atoms with Crippen molar-refractivity contribution in [3.63, 3.8) is 0 Å². The van der Waals surface area contributed by atoms with Crippen LogP contribution in [0.3, 0.4) is 0 Å². The molecule has 0 aliphatic rings. The first-order valence-corrected chi connectivity index (χ1v) is 4.85. The molecule has 0 aliphatic heterocycles. The molecular weight excluding hydrogens is 184 g/mol. The maximum atomic E-state index is 5.75. The van der Waals surface area contributed by atoms with Gasteiger partial charge >= 0.3 is 0 Å². The molecule has 2 heterocycles. The van der Waals surface area contributed by atoms with Crippen LogP contribution >= 0.6 is 11.3 Å². The number of thiophene rings is 1. The van der Waals surface area contributed by atoms with Crippen LogP contribution in [0.2, 0.25) is 0 Å². The van der Waals surface area contributed by atoms with Gasteiger partial charge in [-0.15, -0.1) is 11.3 Å². The number of nitrogens with one attached hydrogen (secondary N) is 1. The fraction of sp³-hybridized carbons (Fsp3) is 0.250. The van der Waals surface area contributed by atoms with E-state index in [9.17, 15) is 0 Å². The van der Waals surface area contributed by atoms with Crippen LogP contribution in [0.5, 0.6) is 0 Å². The normalized spacial score (nSPS) is 13.1. The molecule has 0 amide bonds. The lowest BCUT2D eigenvalue weighted by molar-refractivity contribution is 0.838. The number of rotatable bonds is 2. The summed E-state index contributed by atoms with van der Waals surface area (Å²) in [5.41, 5.74) is 7.69. The van der Waals surface area contributed by atoms with E-state index >= 15 is 0 Å². The Morgan fingerprint density at radius 1 is 1.62 bits per heavy atom. The van der Waals surface area contributed by atoms with E-state index in [0.717, 1.165) is 16.1 Å². The second-order valence-corrected chi connectivity index (χ2v) is 3.82. The molecule has 5 heteroatoms. The molecular formula is C8H10N4S. The van der Waals surface area contributed by atoms with Crippen molar-refractivity contribution in [2.75, 3.05) is 0 Å². The van der Waals surface area contributed by atoms with Crippen LogP contribution < -0.4 is 5.73 Å². The average molecular weight is 194 g/mol. The van der Waals surface area contributed by atoms with Crippen molar-refractivity contribution in [2.45, 2.75) is 13.0 Å². The number of aromatic nitrogens is 3. The molecule has 13 heavy (non-hydrogen) atoms. The maximum absolute atomic E-state index is 5.75. The third-order valence-electron chi connectivity index (χ3n) is 1.78. The van der Waals surface area contributed by atoms with Crippen molar-refractivity contribution in [3.8, 4) is 11.3 Å². The largest absolute Gasteiger partial charge is 0.324 e. The molecule has 1 unspecified atom stereocenters. The zero-order valence-corrected chi connectivity index (χ0v) is 8.01. The lowest BCUT2D eigenvalue weighted by Gasteiger charge is -1.97. The second-order valence-electron chi connectivity index (χ2n) is 2.88. The van der Waals surface area contributed by atoms with E-state index in [1.807, 2.05) is 18.4 Å². The van der Waals surface area contributed by atoms with Gasteiger partial charge in [0, 0.05) is 21.9 Å². The number of hydrogen-bond donors (Lipinski definition) is 2. The van der Waals surface area contributed by atoms with Gasteiger partial charge < -0.3 is 5.73 Å². The summed E-state index contributed by atoms with van der Waals surface area (Å²) in [6.45, 7) is 1.97. The summed E-state index contributed by atoms with van der Waals surface area (Å²) in [6, 6.07) is 2.14. The smallest absolute Gasteiger partial charge is 0.113 e. The first-order valence-electron chi connectivity index (χ1n) is 3.97. The first kappa shape index (κ1) is 8.40. The van der Waals surface area contributed by atoms with E-state index in [0.29, 0.717) is 0 Å². The zero-order chi connectivity index (χ0) is 9.26. The quantitative estimate of drug-likeness (QED) is 0.762. The number of aromatic amines is 1. The van der Waals surface area contributed by atoms with E-state index in [1.165, 1.54) is 0 Å². The molecule has 2 aromatic heterocycles. The van der Waals surface area contributed by atoms with Crippen LogP contribution in [-0.2, 0) is 0 Å². The highest BCUT2D eigenvalue weighted by Gasteiger charge is 2.06. The number of H-pyrrole nitrogens is 1. The van der Waals surface area contributed by atoms with Crippen molar-refractivity contribution in [1.82, 2.24) is 15.4 Å². The van der Waals surface area contributed by atoms with Gasteiger partial charge in [0.25, 0.3) is 0 Å². The minimum Gasteiger partial charge on any atom is -0.324 e. The number of nitrogens with two attached hydrogens (primary N) is 1. The van der Waals surface area contributed by atoms with Crippen LogP contribution in [0.4, 0.5) is 0 Å². The second kappa shape index (κ2) is 3.27. The Bertz CT molecular complexity index is 377. The summed E-state index contributed by atoms with van der Waals surface area (Å²) < 4.78 is 0. The average Bonchev–Trinajstić information content (AvgIpc) is 2.75. The van der Waals surface area contributed by atoms with E-state index in [-0.39, 0.29) is 6.04 Å². The fourth-order valence-electron chi connectivity index (χ4n) is 1.07. The molecule has 0 spiro atoms. The molecule has 68 valence electrons. The molecule has 0 saturated heterocycles. The van der Waals surface area contributed by atoms with E-state index < -0.39 is 0 Å². The summed E-state index contributed by atoms with van der Waals surface area (Å²) in [6.07, 6.45) is 1.70. The zero-order valence-electron chi connectivity index (χ0n) is 7.19. The van der Waals surface area contributed by atoms with E-state index in [1.54, 1.807) is 17.5 Å². The van der Waals surface area contributed by atoms with Crippen LogP contribution in [0.1, 0.15) is 17.8 Å². The molecule has 0 aromatic carbocycles. The summed E-state index contributed by atoms with van der Waals surface area (Å²) in [5.74, 6) is 0. The molecule has 2 rings (SSSR count). The third-order valence-corrected chi connectivity index (χ3v) is 2.91. The Hall–Kier alpha value is -1.20. The van der Waals surface area contributed by atoms with Crippen molar-refractivity contribution < 1.29 is 0 Å². The van der Waals surface area contributed by atoms with Gasteiger partial charge in [0.05, 0.1) is 6.20 Å². The van der Waals surface area contributed by atoms with Gasteiger partial charge in [-0.2, -0.15) is 15.4 Å². The van der Waals surface area contributed by atoms with Gasteiger partial charge in [0.15, 0.2) is 0 Å². The lowest BCUT2D eigenvalue weighted by Crippen LogP contribution is -2.01. The molecule has 0 fully saturated rings. The third kappa shape index (κ3) is 1.61. The van der Waals surface area contributed by atoms with Crippen LogP contribution in [-0.4, -0.2) is 15.4 Å². The molecule has 4 nitrogen and oxygen atoms in total. The fourth-order valence-corrected chi connectivity index (χ4v) is 1.93. The summed E-state index contributed by atoms with van der Waals surface area (Å²) in [7, 11) is 0. The SMILES string of the molecule is CC(N)c1cc(-c2cn[nH]n2)cs1. The monoisotopic (exact) mass is 194 g/mol. The molecule has 2 aromatic rings. The van der Waals surface area contributed by atoms with Crippen LogP contribution in [0.15, 0.2) is 17.6 Å². The number of hydrogen-bond acceptors (Lipinski definition) is 4. The highest BCUT2D eigenvalue weighted by molar-refractivity contribution is 7.10. The van der Waals surface area contributed by atoms with E-state index in [4.69, 9.17) is 5.73 Å². The van der Waals surface area contributed by atoms with Crippen molar-refractivity contribution in [3.05, 3.63) is 22.5 Å². The summed E-state index contributed by atoms with van der Waals surface area (Å²) in [5, 5.41) is 12.4. The number of nitrogens with zero attached hydrogens (tertiary/aromatic N) is 2. The molecule has 0 bridgehead atoms. The van der Waals surface area contributed by atoms with Gasteiger partial charge in [-0.25, -0.2) is 0 Å². The minimum absolute atomic E-state index is 0.0886. The predicted molar refractivity (Wildman–Crippen MR) is 52.3 cm³/mol. The van der Waals surface area contributed by atoms with Crippen molar-refractivity contribution >= 4 is 11.3 Å². The standard InChI is InChI=1S/C8H10N4S/c1-5(9)8-2-6(4-13-8)7-3-10-12-11-7/h2-5H,9H2,1H3,(H,10,11,12). The minimum atomic E-state index is 0.0886. The van der Waals surface area contributed by atoms with Gasteiger partial charge in [0.1, 0.15) is 5.69 Å². The van der Waals surface area contributed by atoms with Crippen LogP contribution in [0.25, 0.3) is 11.3 Å². The van der Waals surface area contributed by atoms with Gasteiger partial charge in [-0.1, -0.05) is 0 Å². The predicted octanol–water partition coefficient (Wildman–Crippen LogP) is 1.55. The van der Waals surface area contributed by atoms with Gasteiger partial charge in [-0.3, -0.25) is 0 Å². The Labute approximate surface area is 79.8 Å². The van der Waals surface area contributed by atoms with Gasteiger partial charge in [-0.05, 0) is 13.0 Å². The Kier molecular flexibility index (Phi) is 2.12. The Balaban J connectivity index is 2.33. The van der Waals surface area contributed by atoms with Crippen molar-refractivity contribution in [2.24, 2.45) is 5.73 Å². The first-order chi connectivity index (χ1) is 6.27. The lowest BCUT2D eigenvalue weighted by atomic mass is 10.2. The molecule has 1 atom stereocenters. The molecule has 3 N–H and O–H groups in total. The van der Waals surface area contributed by atoms with Gasteiger partial charge in [0.2, 0.25) is 0 Å².